The van der Waals surface area contributed by atoms with Crippen molar-refractivity contribution < 1.29 is 14.6 Å². The molecule has 2 atom stereocenters. The van der Waals surface area contributed by atoms with Gasteiger partial charge >= 0.3 is 5.97 Å². The maximum atomic E-state index is 10.7. The minimum atomic E-state index is -0.952. The van der Waals surface area contributed by atoms with Gasteiger partial charge in [-0.3, -0.25) is 9.69 Å². The fraction of sp³-hybridized carbons (Fsp3) is 0.909. The lowest BCUT2D eigenvalue weighted by Crippen LogP contribution is -2.42. The van der Waals surface area contributed by atoms with Gasteiger partial charge in [-0.05, 0) is 25.7 Å². The number of carboxylic acid groups (broad SMARTS) is 1. The summed E-state index contributed by atoms with van der Waals surface area (Å²) in [5.74, 6) is -0.249. The first-order valence-corrected chi connectivity index (χ1v) is 6.09. The smallest absolute Gasteiger partial charge is 0.322 e. The lowest BCUT2D eigenvalue weighted by atomic mass is 10.1. The van der Waals surface area contributed by atoms with E-state index in [0.717, 1.165) is 6.54 Å². The van der Waals surface area contributed by atoms with Crippen molar-refractivity contribution in [2.24, 2.45) is 5.92 Å². The molecule has 0 amide bonds. The van der Waals surface area contributed by atoms with Gasteiger partial charge in [0, 0.05) is 26.2 Å². The Morgan fingerprint density at radius 2 is 2.25 bits per heavy atom. The SMILES string of the molecule is COCCN(CC(Cl)C(=O)O)C(C)C1CC1. The van der Waals surface area contributed by atoms with Gasteiger partial charge in [-0.2, -0.15) is 0 Å². The average Bonchev–Trinajstić information content (AvgIpc) is 3.06. The molecule has 0 aromatic rings. The molecule has 0 aliphatic heterocycles. The Morgan fingerprint density at radius 1 is 1.62 bits per heavy atom. The summed E-state index contributed by atoms with van der Waals surface area (Å²) in [7, 11) is 1.65. The zero-order valence-electron chi connectivity index (χ0n) is 9.86. The zero-order valence-corrected chi connectivity index (χ0v) is 10.6. The molecule has 4 nitrogen and oxygen atoms in total. The highest BCUT2D eigenvalue weighted by atomic mass is 35.5. The van der Waals surface area contributed by atoms with E-state index in [1.54, 1.807) is 7.11 Å². The lowest BCUT2D eigenvalue weighted by molar-refractivity contribution is -0.137. The second-order valence-electron chi connectivity index (χ2n) is 4.37. The Hall–Kier alpha value is -0.320. The van der Waals surface area contributed by atoms with E-state index in [2.05, 4.69) is 11.8 Å². The van der Waals surface area contributed by atoms with E-state index in [4.69, 9.17) is 21.4 Å². The first-order valence-electron chi connectivity index (χ1n) is 5.66. The molecule has 0 spiro atoms. The standard InChI is InChI=1S/C11H20ClNO3/c1-8(9-3-4-9)13(5-6-16-2)7-10(12)11(14)15/h8-10H,3-7H2,1-2H3,(H,14,15). The van der Waals surface area contributed by atoms with Crippen LogP contribution in [-0.2, 0) is 9.53 Å². The normalized spacial score (nSPS) is 19.8. The van der Waals surface area contributed by atoms with Crippen LogP contribution in [0.3, 0.4) is 0 Å². The molecule has 5 heteroatoms. The summed E-state index contributed by atoms with van der Waals surface area (Å²) in [6.45, 7) is 3.88. The number of hydrogen-bond donors (Lipinski definition) is 1. The molecule has 0 saturated heterocycles. The van der Waals surface area contributed by atoms with Crippen molar-refractivity contribution in [1.29, 1.82) is 0 Å². The Morgan fingerprint density at radius 3 is 2.69 bits per heavy atom. The van der Waals surface area contributed by atoms with Crippen molar-refractivity contribution in [3.8, 4) is 0 Å². The van der Waals surface area contributed by atoms with E-state index < -0.39 is 11.3 Å². The summed E-state index contributed by atoms with van der Waals surface area (Å²) in [6.07, 6.45) is 2.48. The van der Waals surface area contributed by atoms with Gasteiger partial charge in [0.25, 0.3) is 0 Å². The van der Waals surface area contributed by atoms with E-state index in [9.17, 15) is 4.79 Å². The van der Waals surface area contributed by atoms with Crippen LogP contribution >= 0.6 is 11.6 Å². The molecule has 16 heavy (non-hydrogen) atoms. The number of alkyl halides is 1. The van der Waals surface area contributed by atoms with Gasteiger partial charge in [0.05, 0.1) is 6.61 Å². The van der Waals surface area contributed by atoms with Crippen molar-refractivity contribution in [1.82, 2.24) is 4.90 Å². The molecule has 0 bridgehead atoms. The first-order chi connectivity index (χ1) is 7.56. The molecule has 1 rings (SSSR count). The predicted octanol–water partition coefficient (Wildman–Crippen LogP) is 1.43. The van der Waals surface area contributed by atoms with Crippen LogP contribution in [0.5, 0.6) is 0 Å². The van der Waals surface area contributed by atoms with Gasteiger partial charge < -0.3 is 9.84 Å². The monoisotopic (exact) mass is 249 g/mol. The van der Waals surface area contributed by atoms with Gasteiger partial charge in [0.15, 0.2) is 0 Å². The van der Waals surface area contributed by atoms with Crippen molar-refractivity contribution in [3.63, 3.8) is 0 Å². The molecule has 0 aromatic heterocycles. The molecule has 1 fully saturated rings. The molecule has 0 aromatic carbocycles. The van der Waals surface area contributed by atoms with Crippen LogP contribution in [0.25, 0.3) is 0 Å². The van der Waals surface area contributed by atoms with E-state index in [1.165, 1.54) is 12.8 Å². The van der Waals surface area contributed by atoms with Crippen molar-refractivity contribution in [2.45, 2.75) is 31.2 Å². The van der Waals surface area contributed by atoms with E-state index >= 15 is 0 Å². The summed E-state index contributed by atoms with van der Waals surface area (Å²) >= 11 is 5.78. The van der Waals surface area contributed by atoms with Crippen LogP contribution in [0, 0.1) is 5.92 Å². The minimum Gasteiger partial charge on any atom is -0.480 e. The van der Waals surface area contributed by atoms with Gasteiger partial charge in [-0.15, -0.1) is 11.6 Å². The van der Waals surface area contributed by atoms with Crippen LogP contribution in [0.4, 0.5) is 0 Å². The largest absolute Gasteiger partial charge is 0.480 e. The highest BCUT2D eigenvalue weighted by Crippen LogP contribution is 2.35. The molecular formula is C11H20ClNO3. The molecule has 1 aliphatic carbocycles. The third kappa shape index (κ3) is 4.28. The van der Waals surface area contributed by atoms with Crippen molar-refractivity contribution in [3.05, 3.63) is 0 Å². The molecular weight excluding hydrogens is 230 g/mol. The average molecular weight is 250 g/mol. The zero-order chi connectivity index (χ0) is 12.1. The highest BCUT2D eigenvalue weighted by Gasteiger charge is 2.33. The number of methoxy groups -OCH3 is 1. The van der Waals surface area contributed by atoms with Gasteiger partial charge in [-0.25, -0.2) is 0 Å². The van der Waals surface area contributed by atoms with E-state index in [-0.39, 0.29) is 0 Å². The van der Waals surface area contributed by atoms with Crippen LogP contribution in [0.15, 0.2) is 0 Å². The second kappa shape index (κ2) is 6.42. The Labute approximate surface area is 102 Å². The first kappa shape index (κ1) is 13.7. The Balaban J connectivity index is 2.44. The van der Waals surface area contributed by atoms with E-state index in [1.807, 2.05) is 0 Å². The maximum Gasteiger partial charge on any atom is 0.322 e. The fourth-order valence-electron chi connectivity index (χ4n) is 1.83. The lowest BCUT2D eigenvalue weighted by Gasteiger charge is -2.29. The Bertz CT molecular complexity index is 233. The van der Waals surface area contributed by atoms with Gasteiger partial charge in [0.1, 0.15) is 5.38 Å². The summed E-state index contributed by atoms with van der Waals surface area (Å²) in [5, 5.41) is 7.97. The molecule has 1 saturated carbocycles. The van der Waals surface area contributed by atoms with Gasteiger partial charge in [0.2, 0.25) is 0 Å². The highest BCUT2D eigenvalue weighted by molar-refractivity contribution is 6.29. The fourth-order valence-corrected chi connectivity index (χ4v) is 2.01. The van der Waals surface area contributed by atoms with Crippen molar-refractivity contribution in [2.75, 3.05) is 26.8 Å². The summed E-state index contributed by atoms with van der Waals surface area (Å²) < 4.78 is 5.03. The molecule has 0 radical (unpaired) electrons. The topological polar surface area (TPSA) is 49.8 Å². The number of nitrogens with zero attached hydrogens (tertiary/aromatic N) is 1. The maximum absolute atomic E-state index is 10.7. The molecule has 1 aliphatic rings. The van der Waals surface area contributed by atoms with E-state index in [0.29, 0.717) is 25.1 Å². The van der Waals surface area contributed by atoms with Crippen molar-refractivity contribution >= 4 is 17.6 Å². The number of halogens is 1. The molecule has 1 N–H and O–H groups in total. The predicted molar refractivity (Wildman–Crippen MR) is 62.9 cm³/mol. The third-order valence-corrected chi connectivity index (χ3v) is 3.45. The number of aliphatic carboxylic acids is 1. The molecule has 2 unspecified atom stereocenters. The summed E-state index contributed by atoms with van der Waals surface area (Å²) in [5.41, 5.74) is 0. The molecule has 94 valence electrons. The van der Waals surface area contributed by atoms with Crippen LogP contribution in [-0.4, -0.2) is 54.2 Å². The number of rotatable bonds is 8. The summed E-state index contributed by atoms with van der Waals surface area (Å²) in [6, 6.07) is 0.399. The number of carbonyl (C=O) groups is 1. The van der Waals surface area contributed by atoms with Gasteiger partial charge in [-0.1, -0.05) is 0 Å². The Kier molecular flexibility index (Phi) is 5.52. The summed E-state index contributed by atoms with van der Waals surface area (Å²) in [4.78, 5) is 12.8. The van der Waals surface area contributed by atoms with Crippen LogP contribution in [0.1, 0.15) is 19.8 Å². The van der Waals surface area contributed by atoms with Crippen LogP contribution in [0.2, 0.25) is 0 Å². The second-order valence-corrected chi connectivity index (χ2v) is 4.90. The third-order valence-electron chi connectivity index (χ3n) is 3.13. The van der Waals surface area contributed by atoms with Crippen LogP contribution < -0.4 is 0 Å². The number of hydrogen-bond acceptors (Lipinski definition) is 3. The minimum absolute atomic E-state index is 0.387. The molecule has 0 heterocycles. The number of ether oxygens (including phenoxy) is 1. The number of carboxylic acids is 1. The quantitative estimate of drug-likeness (QED) is 0.661.